The van der Waals surface area contributed by atoms with Crippen LogP contribution in [0, 0.1) is 17.3 Å². The van der Waals surface area contributed by atoms with Gasteiger partial charge in [0.15, 0.2) is 0 Å². The van der Waals surface area contributed by atoms with Crippen LogP contribution in [0.3, 0.4) is 0 Å². The fourth-order valence-corrected chi connectivity index (χ4v) is 3.32. The molecule has 2 rings (SSSR count). The summed E-state index contributed by atoms with van der Waals surface area (Å²) in [7, 11) is 0. The molecule has 4 nitrogen and oxygen atoms in total. The summed E-state index contributed by atoms with van der Waals surface area (Å²) in [4.78, 5) is 26.9. The van der Waals surface area contributed by atoms with Gasteiger partial charge in [0.1, 0.15) is 5.78 Å². The number of hydrogen-bond donors (Lipinski definition) is 1. The molecule has 1 unspecified atom stereocenters. The molecule has 2 aliphatic heterocycles. The molecule has 114 valence electrons. The van der Waals surface area contributed by atoms with E-state index in [1.54, 1.807) is 0 Å². The van der Waals surface area contributed by atoms with Crippen molar-refractivity contribution < 1.29 is 9.59 Å². The minimum atomic E-state index is -0.302. The highest BCUT2D eigenvalue weighted by atomic mass is 16.2. The van der Waals surface area contributed by atoms with Crippen molar-refractivity contribution in [3.63, 3.8) is 0 Å². The second-order valence-corrected chi connectivity index (χ2v) is 7.28. The van der Waals surface area contributed by atoms with Crippen LogP contribution in [0.1, 0.15) is 46.5 Å². The van der Waals surface area contributed by atoms with Gasteiger partial charge in [0, 0.05) is 31.0 Å². The Morgan fingerprint density at radius 1 is 1.10 bits per heavy atom. The quantitative estimate of drug-likeness (QED) is 0.839. The van der Waals surface area contributed by atoms with Crippen molar-refractivity contribution in [2.75, 3.05) is 26.2 Å². The SMILES string of the molecule is CC(C)(C)C(=O)[C@@H]1CCCN(C(=O)C2CCCNC2)C1. The Labute approximate surface area is 122 Å². The molecule has 2 fully saturated rings. The number of rotatable bonds is 2. The van der Waals surface area contributed by atoms with E-state index < -0.39 is 0 Å². The number of hydrogen-bond acceptors (Lipinski definition) is 3. The van der Waals surface area contributed by atoms with Gasteiger partial charge in [-0.1, -0.05) is 20.8 Å². The van der Waals surface area contributed by atoms with Gasteiger partial charge in [-0.05, 0) is 32.2 Å². The van der Waals surface area contributed by atoms with Gasteiger partial charge in [-0.2, -0.15) is 0 Å². The number of piperidine rings is 2. The number of amides is 1. The molecule has 0 bridgehead atoms. The lowest BCUT2D eigenvalue weighted by molar-refractivity contribution is -0.141. The van der Waals surface area contributed by atoms with Crippen molar-refractivity contribution in [2.45, 2.75) is 46.5 Å². The molecule has 2 saturated heterocycles. The third-order valence-corrected chi connectivity index (χ3v) is 4.49. The zero-order chi connectivity index (χ0) is 14.8. The third kappa shape index (κ3) is 3.60. The van der Waals surface area contributed by atoms with E-state index in [0.717, 1.165) is 45.3 Å². The van der Waals surface area contributed by atoms with E-state index in [2.05, 4.69) is 5.32 Å². The molecule has 2 aliphatic rings. The highest BCUT2D eigenvalue weighted by Crippen LogP contribution is 2.28. The molecule has 0 saturated carbocycles. The van der Waals surface area contributed by atoms with E-state index in [1.165, 1.54) is 0 Å². The first-order valence-corrected chi connectivity index (χ1v) is 7.93. The first-order chi connectivity index (χ1) is 9.39. The van der Waals surface area contributed by atoms with E-state index in [1.807, 2.05) is 25.7 Å². The zero-order valence-corrected chi connectivity index (χ0v) is 13.1. The predicted molar refractivity (Wildman–Crippen MR) is 79.4 cm³/mol. The largest absolute Gasteiger partial charge is 0.342 e. The van der Waals surface area contributed by atoms with Crippen LogP contribution < -0.4 is 5.32 Å². The van der Waals surface area contributed by atoms with Crippen LogP contribution in [-0.2, 0) is 9.59 Å². The van der Waals surface area contributed by atoms with Crippen LogP contribution in [-0.4, -0.2) is 42.8 Å². The number of nitrogens with zero attached hydrogens (tertiary/aromatic N) is 1. The molecule has 1 N–H and O–H groups in total. The zero-order valence-electron chi connectivity index (χ0n) is 13.1. The van der Waals surface area contributed by atoms with Crippen LogP contribution in [0.25, 0.3) is 0 Å². The maximum Gasteiger partial charge on any atom is 0.226 e. The summed E-state index contributed by atoms with van der Waals surface area (Å²) in [6.45, 7) is 9.19. The summed E-state index contributed by atoms with van der Waals surface area (Å²) < 4.78 is 0. The molecule has 0 aliphatic carbocycles. The van der Waals surface area contributed by atoms with E-state index >= 15 is 0 Å². The fraction of sp³-hybridized carbons (Fsp3) is 0.875. The highest BCUT2D eigenvalue weighted by Gasteiger charge is 2.35. The van der Waals surface area contributed by atoms with Gasteiger partial charge in [-0.3, -0.25) is 9.59 Å². The van der Waals surface area contributed by atoms with Gasteiger partial charge < -0.3 is 10.2 Å². The minimum Gasteiger partial charge on any atom is -0.342 e. The molecule has 2 atom stereocenters. The van der Waals surface area contributed by atoms with Gasteiger partial charge >= 0.3 is 0 Å². The van der Waals surface area contributed by atoms with Crippen LogP contribution in [0.15, 0.2) is 0 Å². The van der Waals surface area contributed by atoms with Gasteiger partial charge in [0.2, 0.25) is 5.91 Å². The Morgan fingerprint density at radius 3 is 2.40 bits per heavy atom. The molecule has 4 heteroatoms. The van der Waals surface area contributed by atoms with Gasteiger partial charge in [0.25, 0.3) is 0 Å². The summed E-state index contributed by atoms with van der Waals surface area (Å²) in [5.74, 6) is 0.705. The van der Waals surface area contributed by atoms with Crippen molar-refractivity contribution in [3.8, 4) is 0 Å². The van der Waals surface area contributed by atoms with E-state index in [0.29, 0.717) is 12.3 Å². The molecule has 20 heavy (non-hydrogen) atoms. The number of nitrogens with one attached hydrogen (secondary N) is 1. The van der Waals surface area contributed by atoms with Crippen molar-refractivity contribution in [2.24, 2.45) is 17.3 Å². The Balaban J connectivity index is 1.96. The summed E-state index contributed by atoms with van der Waals surface area (Å²) >= 11 is 0. The molecule has 0 aromatic carbocycles. The number of likely N-dealkylation sites (tertiary alicyclic amines) is 1. The van der Waals surface area contributed by atoms with Crippen LogP contribution in [0.5, 0.6) is 0 Å². The first kappa shape index (κ1) is 15.5. The number of Topliss-reactive ketones (excluding diaryl/α,β-unsaturated/α-hetero) is 1. The van der Waals surface area contributed by atoms with Crippen molar-refractivity contribution >= 4 is 11.7 Å². The topological polar surface area (TPSA) is 49.4 Å². The average Bonchev–Trinajstić information content (AvgIpc) is 2.46. The smallest absolute Gasteiger partial charge is 0.226 e. The van der Waals surface area contributed by atoms with Crippen molar-refractivity contribution in [1.29, 1.82) is 0 Å². The fourth-order valence-electron chi connectivity index (χ4n) is 3.32. The number of ketones is 1. The first-order valence-electron chi connectivity index (χ1n) is 7.93. The summed E-state index contributed by atoms with van der Waals surface area (Å²) in [6, 6.07) is 0. The average molecular weight is 280 g/mol. The maximum absolute atomic E-state index is 12.5. The number of carbonyl (C=O) groups is 2. The molecule has 0 aromatic rings. The minimum absolute atomic E-state index is 0.0317. The van der Waals surface area contributed by atoms with E-state index in [9.17, 15) is 9.59 Å². The molecule has 0 aromatic heterocycles. The Hall–Kier alpha value is -0.900. The Morgan fingerprint density at radius 2 is 1.80 bits per heavy atom. The Kier molecular flexibility index (Phi) is 4.84. The number of carbonyl (C=O) groups excluding carboxylic acids is 2. The maximum atomic E-state index is 12.5. The molecule has 1 amide bonds. The second kappa shape index (κ2) is 6.25. The van der Waals surface area contributed by atoms with Gasteiger partial charge in [-0.15, -0.1) is 0 Å². The molecular formula is C16H28N2O2. The standard InChI is InChI=1S/C16H28N2O2/c1-16(2,3)14(19)13-7-5-9-18(11-13)15(20)12-6-4-8-17-10-12/h12-13,17H,4-11H2,1-3H3/t12?,13-/m1/s1. The van der Waals surface area contributed by atoms with E-state index in [4.69, 9.17) is 0 Å². The van der Waals surface area contributed by atoms with Crippen molar-refractivity contribution in [1.82, 2.24) is 10.2 Å². The molecule has 2 heterocycles. The van der Waals surface area contributed by atoms with Crippen LogP contribution in [0.4, 0.5) is 0 Å². The monoisotopic (exact) mass is 280 g/mol. The molecular weight excluding hydrogens is 252 g/mol. The lowest BCUT2D eigenvalue weighted by Crippen LogP contribution is -2.49. The third-order valence-electron chi connectivity index (χ3n) is 4.49. The molecule has 0 spiro atoms. The second-order valence-electron chi connectivity index (χ2n) is 7.28. The predicted octanol–water partition coefficient (Wildman–Crippen LogP) is 1.84. The van der Waals surface area contributed by atoms with Gasteiger partial charge in [0.05, 0.1) is 5.92 Å². The highest BCUT2D eigenvalue weighted by molar-refractivity contribution is 5.87. The van der Waals surface area contributed by atoms with Crippen LogP contribution >= 0.6 is 0 Å². The van der Waals surface area contributed by atoms with Crippen molar-refractivity contribution in [3.05, 3.63) is 0 Å². The summed E-state index contributed by atoms with van der Waals surface area (Å²) in [5, 5.41) is 3.30. The molecule has 0 radical (unpaired) electrons. The lowest BCUT2D eigenvalue weighted by atomic mass is 9.79. The van der Waals surface area contributed by atoms with Crippen LogP contribution in [0.2, 0.25) is 0 Å². The summed E-state index contributed by atoms with van der Waals surface area (Å²) in [6.07, 6.45) is 3.95. The Bertz CT molecular complexity index is 367. The summed E-state index contributed by atoms with van der Waals surface area (Å²) in [5.41, 5.74) is -0.302. The van der Waals surface area contributed by atoms with Gasteiger partial charge in [-0.25, -0.2) is 0 Å². The van der Waals surface area contributed by atoms with E-state index in [-0.39, 0.29) is 23.2 Å². The lowest BCUT2D eigenvalue weighted by Gasteiger charge is -2.37. The normalized spacial score (nSPS) is 28.2.